The lowest BCUT2D eigenvalue weighted by Gasteiger charge is -2.13. The number of hydrogen-bond donors (Lipinski definition) is 4. The van der Waals surface area contributed by atoms with Gasteiger partial charge in [0.05, 0.1) is 27.2 Å². The Bertz CT molecular complexity index is 1470. The number of imidazole rings is 1. The fraction of sp³-hybridized carbons (Fsp3) is 0.120. The van der Waals surface area contributed by atoms with Gasteiger partial charge in [0.2, 0.25) is 0 Å². The zero-order valence-electron chi connectivity index (χ0n) is 18.0. The molecule has 170 valence electrons. The number of carboxylic acid groups (broad SMARTS) is 1. The second kappa shape index (κ2) is 8.95. The lowest BCUT2D eigenvalue weighted by molar-refractivity contribution is -0.139. The number of aromatic nitrogens is 3. The molecule has 0 fully saturated rings. The van der Waals surface area contributed by atoms with Crippen molar-refractivity contribution in [2.75, 3.05) is 6.61 Å². The number of ether oxygens (including phenoxy) is 1. The van der Waals surface area contributed by atoms with Gasteiger partial charge in [-0.2, -0.15) is 0 Å². The van der Waals surface area contributed by atoms with Crippen molar-refractivity contribution in [1.82, 2.24) is 15.0 Å². The number of amidine groups is 1. The first kappa shape index (κ1) is 21.6. The number of nitrogen functional groups attached to an aromatic ring is 1. The fourth-order valence-electron chi connectivity index (χ4n) is 3.80. The number of nitrogens with zero attached hydrogens (tertiary/aromatic N) is 2. The third-order valence-corrected chi connectivity index (χ3v) is 6.63. The van der Waals surface area contributed by atoms with Gasteiger partial charge in [0.1, 0.15) is 22.4 Å². The summed E-state index contributed by atoms with van der Waals surface area (Å²) in [6, 6.07) is 20.9. The number of rotatable bonds is 8. The molecule has 5 aromatic rings. The van der Waals surface area contributed by atoms with Crippen LogP contribution in [0.1, 0.15) is 27.9 Å². The van der Waals surface area contributed by atoms with Crippen LogP contribution in [0.4, 0.5) is 0 Å². The number of aliphatic carboxylic acids is 1. The Morgan fingerprint density at radius 2 is 1.88 bits per heavy atom. The molecule has 0 amide bonds. The minimum Gasteiger partial charge on any atom is -0.482 e. The maximum atomic E-state index is 10.7. The van der Waals surface area contributed by atoms with Gasteiger partial charge in [0, 0.05) is 5.56 Å². The van der Waals surface area contributed by atoms with E-state index in [1.54, 1.807) is 23.5 Å². The minimum atomic E-state index is -1.02. The van der Waals surface area contributed by atoms with Crippen LogP contribution in [0.5, 0.6) is 5.75 Å². The van der Waals surface area contributed by atoms with E-state index in [0.29, 0.717) is 17.7 Å². The number of aromatic amines is 1. The Morgan fingerprint density at radius 3 is 2.62 bits per heavy atom. The third-order valence-electron chi connectivity index (χ3n) is 5.48. The van der Waals surface area contributed by atoms with Crippen molar-refractivity contribution in [2.24, 2.45) is 5.73 Å². The van der Waals surface area contributed by atoms with E-state index < -0.39 is 5.97 Å². The van der Waals surface area contributed by atoms with Crippen molar-refractivity contribution in [3.63, 3.8) is 0 Å². The first-order valence-corrected chi connectivity index (χ1v) is 11.4. The van der Waals surface area contributed by atoms with Crippen LogP contribution in [-0.4, -0.2) is 38.5 Å². The molecule has 0 aliphatic carbocycles. The minimum absolute atomic E-state index is 0.00971. The van der Waals surface area contributed by atoms with Crippen LogP contribution < -0.4 is 10.5 Å². The Labute approximate surface area is 198 Å². The maximum Gasteiger partial charge on any atom is 0.341 e. The zero-order chi connectivity index (χ0) is 23.7. The predicted molar refractivity (Wildman–Crippen MR) is 132 cm³/mol. The molecule has 8 nitrogen and oxygen atoms in total. The van der Waals surface area contributed by atoms with Crippen molar-refractivity contribution >= 4 is 44.4 Å². The van der Waals surface area contributed by atoms with Crippen LogP contribution in [-0.2, 0) is 11.2 Å². The topological polar surface area (TPSA) is 138 Å². The van der Waals surface area contributed by atoms with Crippen LogP contribution in [0.2, 0.25) is 0 Å². The summed E-state index contributed by atoms with van der Waals surface area (Å²) >= 11 is 1.59. The van der Waals surface area contributed by atoms with Crippen molar-refractivity contribution in [3.8, 4) is 5.75 Å². The highest BCUT2D eigenvalue weighted by atomic mass is 32.1. The van der Waals surface area contributed by atoms with E-state index in [-0.39, 0.29) is 18.4 Å². The van der Waals surface area contributed by atoms with Gasteiger partial charge in [-0.05, 0) is 54.4 Å². The van der Waals surface area contributed by atoms with Gasteiger partial charge in [0.15, 0.2) is 6.61 Å². The number of H-pyrrole nitrogens is 1. The largest absolute Gasteiger partial charge is 0.482 e. The molecule has 5 rings (SSSR count). The van der Waals surface area contributed by atoms with Gasteiger partial charge in [0.25, 0.3) is 0 Å². The van der Waals surface area contributed by atoms with Gasteiger partial charge in [-0.3, -0.25) is 5.41 Å². The number of benzene rings is 3. The van der Waals surface area contributed by atoms with E-state index in [2.05, 4.69) is 4.98 Å². The number of fused-ring (bicyclic) bond motifs is 2. The predicted octanol–water partition coefficient (Wildman–Crippen LogP) is 4.29. The molecular formula is C25H21N5O3S. The SMILES string of the molecule is N=C(N)c1ccc2sc(C(Cc3ccc(OCC(=O)O)cc3)c3nc4ccccc4[nH]3)nc2c1. The van der Waals surface area contributed by atoms with Crippen LogP contribution in [0, 0.1) is 5.41 Å². The normalized spacial score (nSPS) is 12.1. The van der Waals surface area contributed by atoms with Crippen molar-refractivity contribution in [2.45, 2.75) is 12.3 Å². The third kappa shape index (κ3) is 4.46. The van der Waals surface area contributed by atoms with Crippen LogP contribution in [0.15, 0.2) is 66.7 Å². The summed E-state index contributed by atoms with van der Waals surface area (Å²) in [6.45, 7) is -0.380. The lowest BCUT2D eigenvalue weighted by atomic mass is 9.99. The Kier molecular flexibility index (Phi) is 5.69. The molecule has 3 aromatic carbocycles. The fourth-order valence-corrected chi connectivity index (χ4v) is 4.85. The van der Waals surface area contributed by atoms with Gasteiger partial charge < -0.3 is 20.6 Å². The standard InChI is InChI=1S/C25H21N5O3S/c26-23(27)15-7-10-21-20(12-15)30-25(34-21)17(24-28-18-3-1-2-4-19(18)29-24)11-14-5-8-16(9-6-14)33-13-22(31)32/h1-10,12,17H,11,13H2,(H3,26,27)(H,28,29)(H,31,32). The summed E-state index contributed by atoms with van der Waals surface area (Å²) in [4.78, 5) is 23.9. The molecule has 9 heteroatoms. The van der Waals surface area contributed by atoms with E-state index in [1.807, 2.05) is 54.6 Å². The van der Waals surface area contributed by atoms with E-state index in [0.717, 1.165) is 37.6 Å². The highest BCUT2D eigenvalue weighted by molar-refractivity contribution is 7.18. The summed E-state index contributed by atoms with van der Waals surface area (Å²) in [6.07, 6.45) is 0.637. The molecule has 34 heavy (non-hydrogen) atoms. The van der Waals surface area contributed by atoms with Gasteiger partial charge >= 0.3 is 5.97 Å². The molecule has 0 radical (unpaired) electrons. The summed E-state index contributed by atoms with van der Waals surface area (Å²) in [5.74, 6) is 0.186. The Morgan fingerprint density at radius 1 is 1.09 bits per heavy atom. The van der Waals surface area contributed by atoms with E-state index in [9.17, 15) is 4.79 Å². The van der Waals surface area contributed by atoms with Crippen LogP contribution >= 0.6 is 11.3 Å². The Balaban J connectivity index is 1.52. The molecular weight excluding hydrogens is 450 g/mol. The smallest absolute Gasteiger partial charge is 0.341 e. The van der Waals surface area contributed by atoms with Gasteiger partial charge in [-0.25, -0.2) is 14.8 Å². The number of hydrogen-bond acceptors (Lipinski definition) is 6. The second-order valence-corrected chi connectivity index (χ2v) is 8.93. The van der Waals surface area contributed by atoms with Crippen molar-refractivity contribution in [1.29, 1.82) is 5.41 Å². The number of nitrogens with one attached hydrogen (secondary N) is 2. The molecule has 5 N–H and O–H groups in total. The average molecular weight is 472 g/mol. The first-order valence-electron chi connectivity index (χ1n) is 10.6. The second-order valence-electron chi connectivity index (χ2n) is 7.87. The van der Waals surface area contributed by atoms with Crippen LogP contribution in [0.3, 0.4) is 0 Å². The maximum absolute atomic E-state index is 10.7. The quantitative estimate of drug-likeness (QED) is 0.197. The number of thiazole rings is 1. The van der Waals surface area contributed by atoms with E-state index >= 15 is 0 Å². The van der Waals surface area contributed by atoms with Gasteiger partial charge in [-0.1, -0.05) is 24.3 Å². The number of para-hydroxylation sites is 2. The summed E-state index contributed by atoms with van der Waals surface area (Å²) in [5.41, 5.74) is 9.98. The number of nitrogens with two attached hydrogens (primary N) is 1. The van der Waals surface area contributed by atoms with E-state index in [1.165, 1.54) is 0 Å². The molecule has 0 saturated heterocycles. The van der Waals surface area contributed by atoms with E-state index in [4.69, 9.17) is 31.0 Å². The van der Waals surface area contributed by atoms with Crippen molar-refractivity contribution in [3.05, 3.63) is 88.7 Å². The van der Waals surface area contributed by atoms with Crippen LogP contribution in [0.25, 0.3) is 21.3 Å². The molecule has 0 spiro atoms. The first-order chi connectivity index (χ1) is 16.5. The summed E-state index contributed by atoms with van der Waals surface area (Å²) < 4.78 is 6.26. The van der Waals surface area contributed by atoms with Crippen molar-refractivity contribution < 1.29 is 14.6 Å². The zero-order valence-corrected chi connectivity index (χ0v) is 18.8. The molecule has 0 bridgehead atoms. The molecule has 0 saturated carbocycles. The summed E-state index contributed by atoms with van der Waals surface area (Å²) in [7, 11) is 0. The monoisotopic (exact) mass is 471 g/mol. The Hall–Kier alpha value is -4.24. The summed E-state index contributed by atoms with van der Waals surface area (Å²) in [5, 5.41) is 17.4. The highest BCUT2D eigenvalue weighted by Crippen LogP contribution is 2.34. The lowest BCUT2D eigenvalue weighted by Crippen LogP contribution is -2.10. The molecule has 0 aliphatic rings. The molecule has 1 atom stereocenters. The molecule has 0 aliphatic heterocycles. The molecule has 1 unspecified atom stereocenters. The number of carbonyl (C=O) groups is 1. The number of carboxylic acids is 1. The average Bonchev–Trinajstić information content (AvgIpc) is 3.45. The highest BCUT2D eigenvalue weighted by Gasteiger charge is 2.23. The van der Waals surface area contributed by atoms with Gasteiger partial charge in [-0.15, -0.1) is 11.3 Å². The molecule has 2 heterocycles. The molecule has 2 aromatic heterocycles.